The molecule has 0 spiro atoms. The van der Waals surface area contributed by atoms with Crippen LogP contribution >= 0.6 is 11.3 Å². The van der Waals surface area contributed by atoms with Gasteiger partial charge < -0.3 is 4.90 Å². The maximum Gasteiger partial charge on any atom is 0.254 e. The molecule has 1 aromatic heterocycles. The fraction of sp³-hybridized carbons (Fsp3) is 0.421. The van der Waals surface area contributed by atoms with E-state index in [0.717, 1.165) is 29.8 Å². The first kappa shape index (κ1) is 20.0. The zero-order valence-electron chi connectivity index (χ0n) is 15.6. The summed E-state index contributed by atoms with van der Waals surface area (Å²) in [5, 5.41) is 3.78. The molecule has 0 atom stereocenters. The van der Waals surface area contributed by atoms with Gasteiger partial charge in [0, 0.05) is 44.6 Å². The number of hydrogen-bond acceptors (Lipinski definition) is 5. The molecule has 8 heteroatoms. The summed E-state index contributed by atoms with van der Waals surface area (Å²) >= 11 is 1.52. The third-order valence-corrected chi connectivity index (χ3v) is 7.07. The van der Waals surface area contributed by atoms with Gasteiger partial charge in [-0.2, -0.15) is 11.3 Å². The summed E-state index contributed by atoms with van der Waals surface area (Å²) in [6.45, 7) is 7.57. The number of piperazine rings is 1. The second kappa shape index (κ2) is 8.52. The van der Waals surface area contributed by atoms with Crippen LogP contribution in [0.2, 0.25) is 0 Å². The third-order valence-electron chi connectivity index (χ3n) is 4.77. The molecule has 0 radical (unpaired) electrons. The minimum absolute atomic E-state index is 0.0754. The number of nitrogens with zero attached hydrogens (tertiary/aromatic N) is 2. The van der Waals surface area contributed by atoms with Crippen molar-refractivity contribution in [2.45, 2.75) is 18.7 Å². The maximum atomic E-state index is 12.5. The van der Waals surface area contributed by atoms with Gasteiger partial charge in [0.25, 0.3) is 5.91 Å². The molecule has 0 aliphatic carbocycles. The average molecular weight is 408 g/mol. The standard InChI is InChI=1S/C19H25N3O3S2/c1-15-3-4-18(16(2)13-15)27(24,25)20-6-7-21-8-10-22(11-9-21)19(23)17-5-12-26-14-17/h3-5,12-14,20H,6-11H2,1-2H3. The lowest BCUT2D eigenvalue weighted by molar-refractivity contribution is 0.0640. The Hall–Kier alpha value is -1.74. The van der Waals surface area contributed by atoms with E-state index in [1.807, 2.05) is 47.7 Å². The van der Waals surface area contributed by atoms with E-state index in [9.17, 15) is 13.2 Å². The quantitative estimate of drug-likeness (QED) is 0.796. The van der Waals surface area contributed by atoms with Crippen molar-refractivity contribution in [1.82, 2.24) is 14.5 Å². The molecule has 2 aromatic rings. The number of aryl methyl sites for hydroxylation is 2. The van der Waals surface area contributed by atoms with Crippen LogP contribution in [0, 0.1) is 13.8 Å². The zero-order valence-corrected chi connectivity index (χ0v) is 17.3. The van der Waals surface area contributed by atoms with Crippen molar-refractivity contribution in [2.24, 2.45) is 0 Å². The van der Waals surface area contributed by atoms with Crippen LogP contribution in [0.1, 0.15) is 21.5 Å². The normalized spacial score (nSPS) is 15.9. The highest BCUT2D eigenvalue weighted by atomic mass is 32.2. The van der Waals surface area contributed by atoms with Crippen LogP contribution in [0.25, 0.3) is 0 Å². The van der Waals surface area contributed by atoms with Crippen LogP contribution in [0.5, 0.6) is 0 Å². The van der Waals surface area contributed by atoms with Crippen LogP contribution in [0.15, 0.2) is 39.9 Å². The second-order valence-corrected chi connectivity index (χ2v) is 9.33. The number of nitrogens with one attached hydrogen (secondary N) is 1. The van der Waals surface area contributed by atoms with Crippen LogP contribution in [-0.2, 0) is 10.0 Å². The third kappa shape index (κ3) is 4.95. The molecule has 0 bridgehead atoms. The van der Waals surface area contributed by atoms with Crippen molar-refractivity contribution in [2.75, 3.05) is 39.3 Å². The molecule has 146 valence electrons. The molecule has 1 amide bonds. The Labute approximate surface area is 164 Å². The van der Waals surface area contributed by atoms with E-state index < -0.39 is 10.0 Å². The van der Waals surface area contributed by atoms with Gasteiger partial charge in [0.15, 0.2) is 0 Å². The van der Waals surface area contributed by atoms with E-state index in [2.05, 4.69) is 9.62 Å². The number of sulfonamides is 1. The molecule has 2 heterocycles. The van der Waals surface area contributed by atoms with Gasteiger partial charge >= 0.3 is 0 Å². The molecular weight excluding hydrogens is 382 g/mol. The van der Waals surface area contributed by atoms with E-state index in [1.165, 1.54) is 11.3 Å². The summed E-state index contributed by atoms with van der Waals surface area (Å²) < 4.78 is 27.7. The van der Waals surface area contributed by atoms with Crippen LogP contribution in [0.3, 0.4) is 0 Å². The van der Waals surface area contributed by atoms with Crippen molar-refractivity contribution >= 4 is 27.3 Å². The van der Waals surface area contributed by atoms with Crippen molar-refractivity contribution in [1.29, 1.82) is 0 Å². The predicted octanol–water partition coefficient (Wildman–Crippen LogP) is 2.10. The Balaban J connectivity index is 1.47. The first-order valence-electron chi connectivity index (χ1n) is 8.97. The Morgan fingerprint density at radius 1 is 1.15 bits per heavy atom. The zero-order chi connectivity index (χ0) is 19.4. The Bertz CT molecular complexity index is 887. The van der Waals surface area contributed by atoms with E-state index in [0.29, 0.717) is 31.1 Å². The summed E-state index contributed by atoms with van der Waals surface area (Å²) in [7, 11) is -3.50. The summed E-state index contributed by atoms with van der Waals surface area (Å²) in [6.07, 6.45) is 0. The number of thiophene rings is 1. The minimum Gasteiger partial charge on any atom is -0.336 e. The molecule has 1 fully saturated rings. The molecular formula is C19H25N3O3S2. The lowest BCUT2D eigenvalue weighted by Gasteiger charge is -2.34. The van der Waals surface area contributed by atoms with E-state index in [1.54, 1.807) is 6.07 Å². The fourth-order valence-corrected chi connectivity index (χ4v) is 5.14. The van der Waals surface area contributed by atoms with Gasteiger partial charge in [0.1, 0.15) is 0 Å². The topological polar surface area (TPSA) is 69.7 Å². The Kier molecular flexibility index (Phi) is 6.31. The number of benzene rings is 1. The smallest absolute Gasteiger partial charge is 0.254 e. The Morgan fingerprint density at radius 3 is 2.52 bits per heavy atom. The first-order valence-corrected chi connectivity index (χ1v) is 11.4. The van der Waals surface area contributed by atoms with Crippen LogP contribution in [-0.4, -0.2) is 63.4 Å². The van der Waals surface area contributed by atoms with Gasteiger partial charge in [0.2, 0.25) is 10.0 Å². The lowest BCUT2D eigenvalue weighted by atomic mass is 10.2. The van der Waals surface area contributed by atoms with E-state index in [4.69, 9.17) is 0 Å². The molecule has 1 aromatic carbocycles. The largest absolute Gasteiger partial charge is 0.336 e. The van der Waals surface area contributed by atoms with Gasteiger partial charge in [-0.3, -0.25) is 9.69 Å². The van der Waals surface area contributed by atoms with E-state index in [-0.39, 0.29) is 5.91 Å². The van der Waals surface area contributed by atoms with Crippen molar-refractivity contribution in [3.05, 3.63) is 51.7 Å². The van der Waals surface area contributed by atoms with Gasteiger partial charge in [-0.05, 0) is 36.9 Å². The molecule has 0 saturated carbocycles. The molecule has 1 aliphatic heterocycles. The first-order chi connectivity index (χ1) is 12.9. The van der Waals surface area contributed by atoms with Crippen LogP contribution < -0.4 is 4.72 Å². The highest BCUT2D eigenvalue weighted by molar-refractivity contribution is 7.89. The van der Waals surface area contributed by atoms with Gasteiger partial charge in [-0.1, -0.05) is 17.7 Å². The SMILES string of the molecule is Cc1ccc(S(=O)(=O)NCCN2CCN(C(=O)c3ccsc3)CC2)c(C)c1. The highest BCUT2D eigenvalue weighted by Gasteiger charge is 2.23. The van der Waals surface area contributed by atoms with Gasteiger partial charge in [-0.25, -0.2) is 13.1 Å². The molecule has 1 aliphatic rings. The highest BCUT2D eigenvalue weighted by Crippen LogP contribution is 2.16. The Morgan fingerprint density at radius 2 is 1.89 bits per heavy atom. The number of rotatable bonds is 6. The molecule has 0 unspecified atom stereocenters. The second-order valence-electron chi connectivity index (χ2n) is 6.81. The van der Waals surface area contributed by atoms with Gasteiger partial charge in [0.05, 0.1) is 10.5 Å². The van der Waals surface area contributed by atoms with E-state index >= 15 is 0 Å². The summed E-state index contributed by atoms with van der Waals surface area (Å²) in [6, 6.07) is 7.19. The summed E-state index contributed by atoms with van der Waals surface area (Å²) in [5.74, 6) is 0.0754. The van der Waals surface area contributed by atoms with Gasteiger partial charge in [-0.15, -0.1) is 0 Å². The average Bonchev–Trinajstić information content (AvgIpc) is 3.16. The number of amides is 1. The number of carbonyl (C=O) groups excluding carboxylic acids is 1. The number of carbonyl (C=O) groups is 1. The van der Waals surface area contributed by atoms with Crippen molar-refractivity contribution < 1.29 is 13.2 Å². The summed E-state index contributed by atoms with van der Waals surface area (Å²) in [5.41, 5.74) is 2.54. The molecule has 27 heavy (non-hydrogen) atoms. The van der Waals surface area contributed by atoms with Crippen LogP contribution in [0.4, 0.5) is 0 Å². The maximum absolute atomic E-state index is 12.5. The molecule has 6 nitrogen and oxygen atoms in total. The fourth-order valence-electron chi connectivity index (χ4n) is 3.26. The monoisotopic (exact) mass is 407 g/mol. The predicted molar refractivity (Wildman–Crippen MR) is 108 cm³/mol. The molecule has 3 rings (SSSR count). The molecule has 1 saturated heterocycles. The van der Waals surface area contributed by atoms with Crippen molar-refractivity contribution in [3.8, 4) is 0 Å². The molecule has 1 N–H and O–H groups in total. The van der Waals surface area contributed by atoms with Crippen molar-refractivity contribution in [3.63, 3.8) is 0 Å². The number of hydrogen-bond donors (Lipinski definition) is 1. The minimum atomic E-state index is -3.50. The summed E-state index contributed by atoms with van der Waals surface area (Å²) in [4.78, 5) is 16.7. The lowest BCUT2D eigenvalue weighted by Crippen LogP contribution is -2.50.